The van der Waals surface area contributed by atoms with Crippen LogP contribution in [0.15, 0.2) is 52.3 Å². The molecule has 2 aromatic carbocycles. The Kier molecular flexibility index (Phi) is 17.1. The average molecular weight is 682 g/mol. The topological polar surface area (TPSA) is 208 Å². The van der Waals surface area contributed by atoms with Crippen LogP contribution in [-0.2, 0) is 35.1 Å². The number of nitrogens with two attached hydrogens (primary N) is 1. The molecule has 0 saturated carbocycles. The molecule has 252 valence electrons. The summed E-state index contributed by atoms with van der Waals surface area (Å²) in [5.41, 5.74) is 7.76. The molecular weight excluding hydrogens is 642 g/mol. The first-order valence-electron chi connectivity index (χ1n) is 14.6. The second-order valence-electron chi connectivity index (χ2n) is 10.4. The molecule has 1 unspecified atom stereocenters. The molecule has 13 nitrogen and oxygen atoms in total. The molecule has 2 aromatic rings. The first kappa shape index (κ1) is 38.5. The number of fused-ring (bicyclic) bond motifs is 2. The Hall–Kier alpha value is -3.69. The number of hydrogen-bond donors (Lipinski definition) is 5. The van der Waals surface area contributed by atoms with Crippen LogP contribution in [0.1, 0.15) is 49.3 Å². The van der Waals surface area contributed by atoms with E-state index in [0.29, 0.717) is 13.0 Å². The van der Waals surface area contributed by atoms with E-state index in [1.54, 1.807) is 11.8 Å². The maximum absolute atomic E-state index is 11.0. The van der Waals surface area contributed by atoms with Crippen molar-refractivity contribution in [2.45, 2.75) is 54.4 Å². The summed E-state index contributed by atoms with van der Waals surface area (Å²) in [4.78, 5) is 56.8. The number of carboxylic acid groups (broad SMARTS) is 4. The van der Waals surface area contributed by atoms with Gasteiger partial charge in [-0.1, -0.05) is 41.6 Å². The number of carbonyl (C=O) groups excluding carboxylic acids is 1. The van der Waals surface area contributed by atoms with Crippen LogP contribution >= 0.6 is 23.4 Å². The molecule has 4 rings (SSSR count). The van der Waals surface area contributed by atoms with Crippen molar-refractivity contribution in [3.8, 4) is 0 Å². The number of benzene rings is 2. The molecule has 0 spiro atoms. The van der Waals surface area contributed by atoms with Crippen molar-refractivity contribution in [1.29, 1.82) is 0 Å². The van der Waals surface area contributed by atoms with Crippen molar-refractivity contribution in [2.75, 3.05) is 45.9 Å². The van der Waals surface area contributed by atoms with Gasteiger partial charge in [-0.15, -0.1) is 0 Å². The van der Waals surface area contributed by atoms with E-state index in [1.165, 1.54) is 20.9 Å². The zero-order valence-corrected chi connectivity index (χ0v) is 26.9. The highest BCUT2D eigenvalue weighted by molar-refractivity contribution is 7.99. The van der Waals surface area contributed by atoms with Gasteiger partial charge in [-0.25, -0.2) is 0 Å². The van der Waals surface area contributed by atoms with E-state index < -0.39 is 23.9 Å². The zero-order valence-electron chi connectivity index (χ0n) is 25.3. The van der Waals surface area contributed by atoms with E-state index in [2.05, 4.69) is 46.2 Å². The van der Waals surface area contributed by atoms with Gasteiger partial charge in [0.2, 0.25) is 5.91 Å². The second-order valence-corrected chi connectivity index (χ2v) is 12.0. The van der Waals surface area contributed by atoms with Gasteiger partial charge in [0.15, 0.2) is 0 Å². The van der Waals surface area contributed by atoms with Gasteiger partial charge in [0.05, 0.1) is 38.4 Å². The molecule has 1 amide bonds. The number of aliphatic carboxylic acids is 4. The fourth-order valence-electron chi connectivity index (χ4n) is 4.48. The van der Waals surface area contributed by atoms with E-state index >= 15 is 0 Å². The minimum Gasteiger partial charge on any atom is -0.481 e. The summed E-state index contributed by atoms with van der Waals surface area (Å²) in [5, 5.41) is 32.4. The van der Waals surface area contributed by atoms with Crippen molar-refractivity contribution in [3.05, 3.63) is 58.6 Å². The Labute approximate surface area is 276 Å². The Morgan fingerprint density at radius 2 is 1.28 bits per heavy atom. The van der Waals surface area contributed by atoms with Crippen molar-refractivity contribution in [3.63, 3.8) is 0 Å². The number of halogens is 1. The van der Waals surface area contributed by atoms with Crippen LogP contribution in [0.25, 0.3) is 0 Å². The highest BCUT2D eigenvalue weighted by atomic mass is 35.5. The first-order valence-corrected chi connectivity index (χ1v) is 15.8. The fourth-order valence-corrected chi connectivity index (χ4v) is 5.79. The molecule has 1 fully saturated rings. The highest BCUT2D eigenvalue weighted by Gasteiger charge is 2.24. The van der Waals surface area contributed by atoms with Crippen molar-refractivity contribution >= 4 is 53.1 Å². The highest BCUT2D eigenvalue weighted by Crippen LogP contribution is 2.42. The molecule has 0 radical (unpaired) electrons. The largest absolute Gasteiger partial charge is 0.481 e. The fraction of sp³-hybridized carbons (Fsp3) is 0.452. The van der Waals surface area contributed by atoms with E-state index in [9.17, 15) is 24.0 Å². The Morgan fingerprint density at radius 3 is 1.80 bits per heavy atom. The monoisotopic (exact) mass is 681 g/mol. The summed E-state index contributed by atoms with van der Waals surface area (Å²) >= 11 is 8.06. The smallest absolute Gasteiger partial charge is 0.303 e. The Balaban J connectivity index is 0.000000381. The maximum Gasteiger partial charge on any atom is 0.303 e. The van der Waals surface area contributed by atoms with Gasteiger partial charge in [-0.2, -0.15) is 0 Å². The lowest BCUT2D eigenvalue weighted by atomic mass is 10.0. The summed E-state index contributed by atoms with van der Waals surface area (Å²) in [6, 6.07) is 14.7. The first-order chi connectivity index (χ1) is 21.8. The van der Waals surface area contributed by atoms with Crippen LogP contribution in [0.2, 0.25) is 5.02 Å². The molecule has 1 saturated heterocycles. The van der Waals surface area contributed by atoms with Crippen LogP contribution in [0.5, 0.6) is 0 Å². The van der Waals surface area contributed by atoms with Gasteiger partial charge in [-0.3, -0.25) is 28.9 Å². The predicted octanol–water partition coefficient (Wildman–Crippen LogP) is 3.47. The minimum absolute atomic E-state index is 0.0327. The molecule has 2 aliphatic rings. The lowest BCUT2D eigenvalue weighted by molar-refractivity contribution is -0.143. The van der Waals surface area contributed by atoms with E-state index in [0.717, 1.165) is 50.7 Å². The third-order valence-corrected chi connectivity index (χ3v) is 8.33. The summed E-state index contributed by atoms with van der Waals surface area (Å²) in [5.74, 6) is -4.53. The maximum atomic E-state index is 11.0. The minimum atomic E-state index is -1.08. The molecule has 2 aliphatic heterocycles. The molecule has 0 aliphatic carbocycles. The number of ether oxygens (including phenoxy) is 1. The van der Waals surface area contributed by atoms with Crippen molar-refractivity contribution in [2.24, 2.45) is 5.73 Å². The summed E-state index contributed by atoms with van der Waals surface area (Å²) in [7, 11) is 0. The Bertz CT molecular complexity index is 1280. The van der Waals surface area contributed by atoms with Gasteiger partial charge in [-0.05, 0) is 35.4 Å². The lowest BCUT2D eigenvalue weighted by Gasteiger charge is -2.34. The van der Waals surface area contributed by atoms with Crippen molar-refractivity contribution in [1.82, 2.24) is 9.80 Å². The van der Waals surface area contributed by atoms with Gasteiger partial charge in [0.25, 0.3) is 0 Å². The molecule has 0 aromatic heterocycles. The van der Waals surface area contributed by atoms with E-state index in [1.807, 2.05) is 6.07 Å². The number of primary amides is 1. The van der Waals surface area contributed by atoms with Crippen LogP contribution in [0.3, 0.4) is 0 Å². The zero-order chi connectivity index (χ0) is 34.1. The third-order valence-electron chi connectivity index (χ3n) is 6.89. The lowest BCUT2D eigenvalue weighted by Crippen LogP contribution is -2.47. The average Bonchev–Trinajstić information content (AvgIpc) is 3.15. The summed E-state index contributed by atoms with van der Waals surface area (Å²) in [6.07, 6.45) is 0.120. The predicted molar refractivity (Wildman–Crippen MR) is 170 cm³/mol. The van der Waals surface area contributed by atoms with Gasteiger partial charge in [0.1, 0.15) is 0 Å². The van der Waals surface area contributed by atoms with Crippen LogP contribution in [-0.4, -0.2) is 106 Å². The molecule has 6 N–H and O–H groups in total. The standard InChI is InChI=1S/C23H28ClN3O2S.2C4H6O4/c24-18-5-6-21-17(15-18)16-20(19-3-1-2-4-22(19)30-21)29-14-13-27-11-9-26(10-12-27)8-7-23(25)28;2*5-3(6)1-2-4(7)8/h1-6,15,20H,7-14,16H2,(H2,25,28);2*1-2H2,(H,5,6)(H,7,8). The third kappa shape index (κ3) is 15.5. The second kappa shape index (κ2) is 20.4. The number of amides is 1. The van der Waals surface area contributed by atoms with Gasteiger partial charge < -0.3 is 35.8 Å². The van der Waals surface area contributed by atoms with Crippen LogP contribution in [0.4, 0.5) is 0 Å². The van der Waals surface area contributed by atoms with Crippen molar-refractivity contribution < 1.29 is 49.1 Å². The number of rotatable bonds is 13. The Morgan fingerprint density at radius 1 is 0.761 bits per heavy atom. The quantitative estimate of drug-likeness (QED) is 0.205. The van der Waals surface area contributed by atoms with Gasteiger partial charge in [0, 0.05) is 66.9 Å². The molecule has 46 heavy (non-hydrogen) atoms. The summed E-state index contributed by atoms with van der Waals surface area (Å²) < 4.78 is 6.42. The van der Waals surface area contributed by atoms with Crippen LogP contribution in [0, 0.1) is 0 Å². The molecule has 1 atom stereocenters. The molecule has 0 bridgehead atoms. The van der Waals surface area contributed by atoms with Crippen LogP contribution < -0.4 is 5.73 Å². The molecule has 2 heterocycles. The number of nitrogens with zero attached hydrogens (tertiary/aromatic N) is 2. The number of carboxylic acids is 4. The molecule has 15 heteroatoms. The summed E-state index contributed by atoms with van der Waals surface area (Å²) in [6.45, 7) is 6.32. The van der Waals surface area contributed by atoms with E-state index in [4.69, 9.17) is 42.5 Å². The number of hydrogen-bond acceptors (Lipinski definition) is 9. The number of carbonyl (C=O) groups is 5. The van der Waals surface area contributed by atoms with E-state index in [-0.39, 0.29) is 37.7 Å². The normalized spacial score (nSPS) is 15.8. The number of piperazine rings is 1. The van der Waals surface area contributed by atoms with Gasteiger partial charge >= 0.3 is 23.9 Å². The molecular formula is C31H40ClN3O10S. The SMILES string of the molecule is NC(=O)CCN1CCN(CCOC2Cc3cc(Cl)ccc3Sc3ccccc32)CC1.O=C(O)CCC(=O)O.O=C(O)CCC(=O)O.